The van der Waals surface area contributed by atoms with Gasteiger partial charge in [-0.1, -0.05) is 0 Å². The summed E-state index contributed by atoms with van der Waals surface area (Å²) in [5, 5.41) is 0. The van der Waals surface area contributed by atoms with E-state index < -0.39 is 11.7 Å². The van der Waals surface area contributed by atoms with Gasteiger partial charge in [0.05, 0.1) is 5.56 Å². The number of benzene rings is 1. The lowest BCUT2D eigenvalue weighted by atomic mass is 10.2. The van der Waals surface area contributed by atoms with Gasteiger partial charge in [0.15, 0.2) is 0 Å². The van der Waals surface area contributed by atoms with Crippen LogP contribution in [-0.4, -0.2) is 37.5 Å². The van der Waals surface area contributed by atoms with E-state index in [1.54, 1.807) is 4.90 Å². The molecule has 1 fully saturated rings. The Bertz CT molecular complexity index is 431. The standard InChI is InChI=1S/C13H15F3N2O/c14-13(15,16)11-2-4-12(5-3-11)18-7-1-6-17(10-19)8-9-18/h2-5,10H,1,6-9H2. The zero-order valence-corrected chi connectivity index (χ0v) is 10.4. The lowest BCUT2D eigenvalue weighted by molar-refractivity contribution is -0.137. The highest BCUT2D eigenvalue weighted by atomic mass is 19.4. The van der Waals surface area contributed by atoms with Crippen LogP contribution in [0.1, 0.15) is 12.0 Å². The summed E-state index contributed by atoms with van der Waals surface area (Å²) in [6, 6.07) is 5.16. The van der Waals surface area contributed by atoms with Crippen molar-refractivity contribution in [2.45, 2.75) is 12.6 Å². The molecule has 1 heterocycles. The number of hydrogen-bond acceptors (Lipinski definition) is 2. The molecule has 3 nitrogen and oxygen atoms in total. The predicted octanol–water partition coefficient (Wildman–Crippen LogP) is 2.37. The SMILES string of the molecule is O=CN1CCCN(c2ccc(C(F)(F)F)cc2)CC1. The van der Waals surface area contributed by atoms with Crippen LogP contribution in [0.15, 0.2) is 24.3 Å². The average Bonchev–Trinajstić information content (AvgIpc) is 2.63. The van der Waals surface area contributed by atoms with E-state index >= 15 is 0 Å². The number of anilines is 1. The van der Waals surface area contributed by atoms with Crippen molar-refractivity contribution in [1.82, 2.24) is 4.90 Å². The molecule has 0 spiro atoms. The molecule has 104 valence electrons. The maximum absolute atomic E-state index is 12.5. The summed E-state index contributed by atoms with van der Waals surface area (Å²) in [4.78, 5) is 14.4. The van der Waals surface area contributed by atoms with Crippen LogP contribution in [-0.2, 0) is 11.0 Å². The molecule has 2 rings (SSSR count). The van der Waals surface area contributed by atoms with Crippen molar-refractivity contribution in [1.29, 1.82) is 0 Å². The maximum atomic E-state index is 12.5. The molecule has 0 atom stereocenters. The van der Waals surface area contributed by atoms with Crippen molar-refractivity contribution >= 4 is 12.1 Å². The third-order valence-corrected chi connectivity index (χ3v) is 3.24. The molecule has 0 bridgehead atoms. The normalized spacial score (nSPS) is 17.2. The fraction of sp³-hybridized carbons (Fsp3) is 0.462. The van der Waals surface area contributed by atoms with Crippen molar-refractivity contribution in [3.05, 3.63) is 29.8 Å². The molecule has 0 unspecified atom stereocenters. The Hall–Kier alpha value is -1.72. The molecule has 1 aromatic rings. The van der Waals surface area contributed by atoms with Crippen LogP contribution in [0.2, 0.25) is 0 Å². The number of rotatable bonds is 2. The van der Waals surface area contributed by atoms with E-state index in [1.165, 1.54) is 12.1 Å². The van der Waals surface area contributed by atoms with Crippen LogP contribution in [0.25, 0.3) is 0 Å². The molecule has 6 heteroatoms. The highest BCUT2D eigenvalue weighted by Crippen LogP contribution is 2.30. The maximum Gasteiger partial charge on any atom is 0.416 e. The van der Waals surface area contributed by atoms with Crippen molar-refractivity contribution < 1.29 is 18.0 Å². The molecule has 1 saturated heterocycles. The van der Waals surface area contributed by atoms with E-state index in [1.807, 2.05) is 4.90 Å². The Kier molecular flexibility index (Phi) is 3.97. The Balaban J connectivity index is 2.07. The summed E-state index contributed by atoms with van der Waals surface area (Å²) in [6.07, 6.45) is -2.67. The second-order valence-electron chi connectivity index (χ2n) is 4.53. The van der Waals surface area contributed by atoms with Crippen LogP contribution in [0.5, 0.6) is 0 Å². The highest BCUT2D eigenvalue weighted by Gasteiger charge is 2.30. The number of halogens is 3. The minimum atomic E-state index is -4.30. The second-order valence-corrected chi connectivity index (χ2v) is 4.53. The first-order valence-electron chi connectivity index (χ1n) is 6.12. The molecule has 1 aliphatic heterocycles. The molecule has 1 aromatic carbocycles. The van der Waals surface area contributed by atoms with Gasteiger partial charge in [0.25, 0.3) is 0 Å². The zero-order chi connectivity index (χ0) is 13.9. The first-order chi connectivity index (χ1) is 9.00. The summed E-state index contributed by atoms with van der Waals surface area (Å²) in [5.74, 6) is 0. The minimum Gasteiger partial charge on any atom is -0.370 e. The van der Waals surface area contributed by atoms with Crippen LogP contribution in [0.3, 0.4) is 0 Å². The number of alkyl halides is 3. The Morgan fingerprint density at radius 1 is 1.00 bits per heavy atom. The lowest BCUT2D eigenvalue weighted by Crippen LogP contribution is -2.29. The minimum absolute atomic E-state index is 0.602. The molecule has 0 aliphatic carbocycles. The molecule has 0 N–H and O–H groups in total. The summed E-state index contributed by atoms with van der Waals surface area (Å²) in [7, 11) is 0. The number of amides is 1. The third-order valence-electron chi connectivity index (χ3n) is 3.24. The van der Waals surface area contributed by atoms with E-state index in [-0.39, 0.29) is 0 Å². The largest absolute Gasteiger partial charge is 0.416 e. The van der Waals surface area contributed by atoms with Gasteiger partial charge < -0.3 is 9.80 Å². The smallest absolute Gasteiger partial charge is 0.370 e. The highest BCUT2D eigenvalue weighted by molar-refractivity contribution is 5.50. The monoisotopic (exact) mass is 272 g/mol. The van der Waals surface area contributed by atoms with Gasteiger partial charge in [0.1, 0.15) is 0 Å². The molecule has 19 heavy (non-hydrogen) atoms. The summed E-state index contributed by atoms with van der Waals surface area (Å²) in [6.45, 7) is 2.69. The molecular weight excluding hydrogens is 257 g/mol. The fourth-order valence-electron chi connectivity index (χ4n) is 2.16. The number of hydrogen-bond donors (Lipinski definition) is 0. The van der Waals surface area contributed by atoms with Crippen LogP contribution < -0.4 is 4.90 Å². The van der Waals surface area contributed by atoms with E-state index in [9.17, 15) is 18.0 Å². The first kappa shape index (κ1) is 13.7. The van der Waals surface area contributed by atoms with Crippen molar-refractivity contribution in [3.8, 4) is 0 Å². The Labute approximate surface area is 109 Å². The summed E-state index contributed by atoms with van der Waals surface area (Å²) < 4.78 is 37.4. The van der Waals surface area contributed by atoms with E-state index in [0.29, 0.717) is 19.6 Å². The van der Waals surface area contributed by atoms with Gasteiger partial charge in [0, 0.05) is 31.9 Å². The molecular formula is C13H15F3N2O. The number of carbonyl (C=O) groups excluding carboxylic acids is 1. The van der Waals surface area contributed by atoms with Gasteiger partial charge in [-0.15, -0.1) is 0 Å². The zero-order valence-electron chi connectivity index (χ0n) is 10.4. The second kappa shape index (κ2) is 5.50. The van der Waals surface area contributed by atoms with Gasteiger partial charge >= 0.3 is 6.18 Å². The number of carbonyl (C=O) groups is 1. The van der Waals surface area contributed by atoms with Crippen molar-refractivity contribution in [2.24, 2.45) is 0 Å². The quantitative estimate of drug-likeness (QED) is 0.772. The van der Waals surface area contributed by atoms with Crippen LogP contribution in [0.4, 0.5) is 18.9 Å². The summed E-state index contributed by atoms with van der Waals surface area (Å²) in [5.41, 5.74) is 0.126. The molecule has 0 saturated carbocycles. The fourth-order valence-corrected chi connectivity index (χ4v) is 2.16. The Morgan fingerprint density at radius 2 is 1.68 bits per heavy atom. The average molecular weight is 272 g/mol. The van der Waals surface area contributed by atoms with Crippen LogP contribution in [0, 0.1) is 0 Å². The molecule has 1 amide bonds. The van der Waals surface area contributed by atoms with Crippen LogP contribution >= 0.6 is 0 Å². The molecule has 0 aromatic heterocycles. The first-order valence-corrected chi connectivity index (χ1v) is 6.12. The molecule has 0 radical (unpaired) electrons. The molecule has 1 aliphatic rings. The van der Waals surface area contributed by atoms with Gasteiger partial charge in [-0.25, -0.2) is 0 Å². The van der Waals surface area contributed by atoms with Gasteiger partial charge in [0.2, 0.25) is 6.41 Å². The van der Waals surface area contributed by atoms with Gasteiger partial charge in [-0.05, 0) is 30.7 Å². The van der Waals surface area contributed by atoms with Crippen molar-refractivity contribution in [2.75, 3.05) is 31.1 Å². The van der Waals surface area contributed by atoms with Crippen molar-refractivity contribution in [3.63, 3.8) is 0 Å². The van der Waals surface area contributed by atoms with E-state index in [0.717, 1.165) is 37.2 Å². The summed E-state index contributed by atoms with van der Waals surface area (Å²) >= 11 is 0. The Morgan fingerprint density at radius 3 is 2.26 bits per heavy atom. The topological polar surface area (TPSA) is 23.6 Å². The van der Waals surface area contributed by atoms with Gasteiger partial charge in [-0.3, -0.25) is 4.79 Å². The predicted molar refractivity (Wildman–Crippen MR) is 65.9 cm³/mol. The van der Waals surface area contributed by atoms with E-state index in [2.05, 4.69) is 0 Å². The van der Waals surface area contributed by atoms with Gasteiger partial charge in [-0.2, -0.15) is 13.2 Å². The third kappa shape index (κ3) is 3.39. The number of nitrogens with zero attached hydrogens (tertiary/aromatic N) is 2. The lowest BCUT2D eigenvalue weighted by Gasteiger charge is -2.23. The van der Waals surface area contributed by atoms with E-state index in [4.69, 9.17) is 0 Å².